The van der Waals surface area contributed by atoms with Gasteiger partial charge in [-0.05, 0) is 48.9 Å². The number of hydrogen-bond acceptors (Lipinski definition) is 4. The predicted octanol–water partition coefficient (Wildman–Crippen LogP) is 2.32. The van der Waals surface area contributed by atoms with Gasteiger partial charge in [0.25, 0.3) is 5.91 Å². The Kier molecular flexibility index (Phi) is 6.50. The van der Waals surface area contributed by atoms with Crippen LogP contribution in [0, 0.1) is 11.6 Å². The lowest BCUT2D eigenvalue weighted by atomic mass is 10.1. The summed E-state index contributed by atoms with van der Waals surface area (Å²) in [5.74, 6) is -3.72. The Morgan fingerprint density at radius 3 is 2.18 bits per heavy atom. The third-order valence-corrected chi connectivity index (χ3v) is 5.70. The molecule has 6 nitrogen and oxygen atoms in total. The van der Waals surface area contributed by atoms with Crippen LogP contribution in [0.2, 0.25) is 0 Å². The van der Waals surface area contributed by atoms with E-state index in [4.69, 9.17) is 0 Å². The van der Waals surface area contributed by atoms with E-state index in [1.165, 1.54) is 49.3 Å². The average Bonchev–Trinajstić information content (AvgIpc) is 2.63. The second kappa shape index (κ2) is 8.47. The second-order valence-corrected chi connectivity index (χ2v) is 8.43. The standard InChI is InChI=1S/C19H20F2N2O4S/c1-12(14-6-9-16(20)17(21)10-14)22-19(25)13-4-7-15(8-5-13)28(26,27)11-18(24)23(2)3/h4-10,12H,11H2,1-3H3,(H,22,25)/t12-/m0/s1. The molecule has 0 aliphatic heterocycles. The van der Waals surface area contributed by atoms with Crippen LogP contribution in [0.25, 0.3) is 0 Å². The van der Waals surface area contributed by atoms with Gasteiger partial charge in [0.2, 0.25) is 5.91 Å². The van der Waals surface area contributed by atoms with Gasteiger partial charge in [-0.2, -0.15) is 0 Å². The van der Waals surface area contributed by atoms with E-state index in [9.17, 15) is 26.8 Å². The molecule has 1 N–H and O–H groups in total. The molecule has 0 heterocycles. The fourth-order valence-corrected chi connectivity index (χ4v) is 3.63. The number of rotatable bonds is 6. The molecule has 2 aromatic rings. The average molecular weight is 410 g/mol. The molecule has 0 fully saturated rings. The van der Waals surface area contributed by atoms with Crippen LogP contribution in [-0.4, -0.2) is 45.0 Å². The van der Waals surface area contributed by atoms with Gasteiger partial charge in [-0.15, -0.1) is 0 Å². The summed E-state index contributed by atoms with van der Waals surface area (Å²) in [7, 11) is -0.906. The second-order valence-electron chi connectivity index (χ2n) is 6.44. The molecule has 0 bridgehead atoms. The first kappa shape index (κ1) is 21.5. The maximum Gasteiger partial charge on any atom is 0.251 e. The highest BCUT2D eigenvalue weighted by atomic mass is 32.2. The fourth-order valence-electron chi connectivity index (χ4n) is 2.33. The van der Waals surface area contributed by atoms with Crippen LogP contribution in [-0.2, 0) is 14.6 Å². The monoisotopic (exact) mass is 410 g/mol. The van der Waals surface area contributed by atoms with Crippen LogP contribution >= 0.6 is 0 Å². The van der Waals surface area contributed by atoms with Gasteiger partial charge in [-0.25, -0.2) is 17.2 Å². The van der Waals surface area contributed by atoms with Crippen molar-refractivity contribution in [3.63, 3.8) is 0 Å². The molecular formula is C19H20F2N2O4S. The third-order valence-electron chi connectivity index (χ3n) is 4.08. The zero-order valence-electron chi connectivity index (χ0n) is 15.6. The number of carbonyl (C=O) groups is 2. The summed E-state index contributed by atoms with van der Waals surface area (Å²) in [6.07, 6.45) is 0. The van der Waals surface area contributed by atoms with E-state index in [0.29, 0.717) is 5.56 Å². The molecule has 2 amide bonds. The van der Waals surface area contributed by atoms with Gasteiger partial charge in [0, 0.05) is 19.7 Å². The van der Waals surface area contributed by atoms with E-state index in [0.717, 1.165) is 12.1 Å². The Bertz CT molecular complexity index is 989. The van der Waals surface area contributed by atoms with Crippen molar-refractivity contribution >= 4 is 21.7 Å². The highest BCUT2D eigenvalue weighted by Crippen LogP contribution is 2.18. The van der Waals surface area contributed by atoms with E-state index < -0.39 is 45.1 Å². The molecule has 0 saturated heterocycles. The first-order valence-corrected chi connectivity index (χ1v) is 9.95. The van der Waals surface area contributed by atoms with Crippen LogP contribution in [0.5, 0.6) is 0 Å². The van der Waals surface area contributed by atoms with E-state index in [1.54, 1.807) is 6.92 Å². The van der Waals surface area contributed by atoms with Crippen LogP contribution in [0.15, 0.2) is 47.4 Å². The molecule has 0 aliphatic carbocycles. The highest BCUT2D eigenvalue weighted by molar-refractivity contribution is 7.92. The molecule has 0 spiro atoms. The summed E-state index contributed by atoms with van der Waals surface area (Å²) in [6.45, 7) is 1.61. The topological polar surface area (TPSA) is 83.5 Å². The van der Waals surface area contributed by atoms with Gasteiger partial charge in [0.05, 0.1) is 10.9 Å². The van der Waals surface area contributed by atoms with E-state index in [2.05, 4.69) is 5.32 Å². The number of nitrogens with one attached hydrogen (secondary N) is 1. The first-order chi connectivity index (χ1) is 13.0. The summed E-state index contributed by atoms with van der Waals surface area (Å²) in [4.78, 5) is 25.1. The highest BCUT2D eigenvalue weighted by Gasteiger charge is 2.21. The van der Waals surface area contributed by atoms with Crippen molar-refractivity contribution in [2.45, 2.75) is 17.9 Å². The van der Waals surface area contributed by atoms with E-state index >= 15 is 0 Å². The Morgan fingerprint density at radius 2 is 1.64 bits per heavy atom. The quantitative estimate of drug-likeness (QED) is 0.792. The number of carbonyl (C=O) groups excluding carboxylic acids is 2. The molecule has 0 aromatic heterocycles. The summed E-state index contributed by atoms with van der Waals surface area (Å²) < 4.78 is 50.8. The minimum atomic E-state index is -3.82. The number of amides is 2. The summed E-state index contributed by atoms with van der Waals surface area (Å²) in [5, 5.41) is 2.63. The molecular weight excluding hydrogens is 390 g/mol. The molecule has 2 aromatic carbocycles. The van der Waals surface area contributed by atoms with Gasteiger partial charge in [0.15, 0.2) is 21.5 Å². The number of benzene rings is 2. The van der Waals surface area contributed by atoms with Crippen molar-refractivity contribution < 1.29 is 26.8 Å². The SMILES string of the molecule is C[C@H](NC(=O)c1ccc(S(=O)(=O)CC(=O)N(C)C)cc1)c1ccc(F)c(F)c1. The van der Waals surface area contributed by atoms with Crippen LogP contribution in [0.1, 0.15) is 28.9 Å². The van der Waals surface area contributed by atoms with Crippen LogP contribution in [0.4, 0.5) is 8.78 Å². The third kappa shape index (κ3) is 5.13. The zero-order valence-corrected chi connectivity index (χ0v) is 16.4. The minimum Gasteiger partial charge on any atom is -0.348 e. The largest absolute Gasteiger partial charge is 0.348 e. The van der Waals surface area contributed by atoms with Crippen molar-refractivity contribution in [1.82, 2.24) is 10.2 Å². The summed E-state index contributed by atoms with van der Waals surface area (Å²) >= 11 is 0. The Hall–Kier alpha value is -2.81. The minimum absolute atomic E-state index is 0.0760. The van der Waals surface area contributed by atoms with Gasteiger partial charge >= 0.3 is 0 Å². The van der Waals surface area contributed by atoms with E-state index in [1.807, 2.05) is 0 Å². The number of sulfone groups is 1. The van der Waals surface area contributed by atoms with Gasteiger partial charge in [-0.3, -0.25) is 9.59 Å². The van der Waals surface area contributed by atoms with Gasteiger partial charge < -0.3 is 10.2 Å². The summed E-state index contributed by atoms with van der Waals surface area (Å²) in [6, 6.07) is 7.87. The molecule has 0 aliphatic rings. The van der Waals surface area contributed by atoms with Gasteiger partial charge in [0.1, 0.15) is 5.75 Å². The number of hydrogen-bond donors (Lipinski definition) is 1. The molecule has 1 atom stereocenters. The first-order valence-electron chi connectivity index (χ1n) is 8.30. The van der Waals surface area contributed by atoms with Crippen LogP contribution < -0.4 is 5.32 Å². The lowest BCUT2D eigenvalue weighted by Gasteiger charge is -2.15. The molecule has 0 radical (unpaired) electrons. The van der Waals surface area contributed by atoms with Crippen molar-refractivity contribution in [1.29, 1.82) is 0 Å². The Morgan fingerprint density at radius 1 is 1.04 bits per heavy atom. The number of halogens is 2. The normalized spacial score (nSPS) is 12.3. The van der Waals surface area contributed by atoms with Crippen molar-refractivity contribution in [2.75, 3.05) is 19.8 Å². The van der Waals surface area contributed by atoms with Gasteiger partial charge in [-0.1, -0.05) is 6.07 Å². The number of nitrogens with zero attached hydrogens (tertiary/aromatic N) is 1. The fraction of sp³-hybridized carbons (Fsp3) is 0.263. The predicted molar refractivity (Wildman–Crippen MR) is 99.4 cm³/mol. The molecule has 2 rings (SSSR count). The Labute approximate surface area is 162 Å². The summed E-state index contributed by atoms with van der Waals surface area (Å²) in [5.41, 5.74) is 0.570. The van der Waals surface area contributed by atoms with Crippen LogP contribution in [0.3, 0.4) is 0 Å². The molecule has 28 heavy (non-hydrogen) atoms. The lowest BCUT2D eigenvalue weighted by molar-refractivity contribution is -0.125. The van der Waals surface area contributed by atoms with E-state index in [-0.39, 0.29) is 10.5 Å². The van der Waals surface area contributed by atoms with Crippen molar-refractivity contribution in [2.24, 2.45) is 0 Å². The smallest absolute Gasteiger partial charge is 0.251 e. The molecule has 0 unspecified atom stereocenters. The molecule has 150 valence electrons. The van der Waals surface area contributed by atoms with Crippen molar-refractivity contribution in [3.8, 4) is 0 Å². The maximum absolute atomic E-state index is 13.3. The van der Waals surface area contributed by atoms with Crippen molar-refractivity contribution in [3.05, 3.63) is 65.2 Å². The lowest BCUT2D eigenvalue weighted by Crippen LogP contribution is -2.29. The molecule has 0 saturated carbocycles. The zero-order chi connectivity index (χ0) is 21.1. The maximum atomic E-state index is 13.3. The Balaban J connectivity index is 2.11. The molecule has 9 heteroatoms.